The van der Waals surface area contributed by atoms with E-state index < -0.39 is 25.8 Å². The van der Waals surface area contributed by atoms with Crippen molar-refractivity contribution in [2.45, 2.75) is 11.8 Å². The number of nitrogens with two attached hydrogens (primary N) is 1. The molecule has 0 atom stereocenters. The van der Waals surface area contributed by atoms with Crippen LogP contribution in [0.15, 0.2) is 41.3 Å². The van der Waals surface area contributed by atoms with Crippen LogP contribution in [0.3, 0.4) is 0 Å². The Morgan fingerprint density at radius 1 is 1.29 bits per heavy atom. The van der Waals surface area contributed by atoms with E-state index in [0.717, 1.165) is 18.2 Å². The molecule has 0 saturated heterocycles. The second kappa shape index (κ2) is 6.26. The molecule has 0 aliphatic heterocycles. The van der Waals surface area contributed by atoms with Crippen molar-refractivity contribution in [1.82, 2.24) is 0 Å². The van der Waals surface area contributed by atoms with Crippen molar-refractivity contribution in [2.24, 2.45) is 0 Å². The number of benzene rings is 2. The topological polar surface area (TPSA) is 153 Å². The number of carbonyl (C=O) groups is 1. The fraction of sp³-hybridized carbons (Fsp3) is 0.0714. The summed E-state index contributed by atoms with van der Waals surface area (Å²) in [5.41, 5.74) is 5.95. The molecule has 1 amide bonds. The Hall–Kier alpha value is -2.98. The molecule has 0 heterocycles. The van der Waals surface area contributed by atoms with E-state index in [1.807, 2.05) is 0 Å². The van der Waals surface area contributed by atoms with Gasteiger partial charge in [0.1, 0.15) is 0 Å². The first-order valence-electron chi connectivity index (χ1n) is 6.53. The Bertz CT molecular complexity index is 940. The van der Waals surface area contributed by atoms with Gasteiger partial charge in [0.25, 0.3) is 21.7 Å². The van der Waals surface area contributed by atoms with Gasteiger partial charge in [0, 0.05) is 29.1 Å². The quantitative estimate of drug-likeness (QED) is 0.329. The van der Waals surface area contributed by atoms with Gasteiger partial charge in [-0.2, -0.15) is 8.42 Å². The van der Waals surface area contributed by atoms with Crippen molar-refractivity contribution in [3.8, 4) is 0 Å². The number of carbonyl (C=O) groups excluding carboxylic acids is 1. The summed E-state index contributed by atoms with van der Waals surface area (Å²) in [4.78, 5) is 21.9. The molecule has 2 aromatic rings. The number of non-ortho nitro benzene ring substituents is 1. The molecule has 9 nitrogen and oxygen atoms in total. The molecule has 24 heavy (non-hydrogen) atoms. The average Bonchev–Trinajstić information content (AvgIpc) is 2.50. The highest BCUT2D eigenvalue weighted by molar-refractivity contribution is 7.85. The minimum absolute atomic E-state index is 0.0134. The van der Waals surface area contributed by atoms with Gasteiger partial charge in [0.2, 0.25) is 0 Å². The fourth-order valence-corrected chi connectivity index (χ4v) is 2.49. The molecule has 2 aromatic carbocycles. The van der Waals surface area contributed by atoms with E-state index >= 15 is 0 Å². The van der Waals surface area contributed by atoms with Gasteiger partial charge in [-0.15, -0.1) is 0 Å². The van der Waals surface area contributed by atoms with Gasteiger partial charge < -0.3 is 11.1 Å². The van der Waals surface area contributed by atoms with Crippen LogP contribution < -0.4 is 11.1 Å². The number of rotatable bonds is 4. The number of amides is 1. The maximum Gasteiger partial charge on any atom is 0.294 e. The maximum absolute atomic E-state index is 12.2. The number of hydrogen-bond donors (Lipinski definition) is 3. The summed E-state index contributed by atoms with van der Waals surface area (Å²) in [5, 5.41) is 13.2. The lowest BCUT2D eigenvalue weighted by atomic mass is 10.1. The van der Waals surface area contributed by atoms with E-state index in [-0.39, 0.29) is 22.6 Å². The Morgan fingerprint density at radius 3 is 2.54 bits per heavy atom. The molecule has 0 unspecified atom stereocenters. The monoisotopic (exact) mass is 351 g/mol. The predicted octanol–water partition coefficient (Wildman–Crippen LogP) is 1.98. The van der Waals surface area contributed by atoms with E-state index in [1.165, 1.54) is 18.2 Å². The third kappa shape index (κ3) is 3.67. The van der Waals surface area contributed by atoms with Gasteiger partial charge in [-0.1, -0.05) is 6.07 Å². The molecular weight excluding hydrogens is 338 g/mol. The van der Waals surface area contributed by atoms with Crippen LogP contribution in [-0.2, 0) is 10.1 Å². The van der Waals surface area contributed by atoms with Gasteiger partial charge in [-0.05, 0) is 30.7 Å². The summed E-state index contributed by atoms with van der Waals surface area (Å²) in [7, 11) is -4.50. The van der Waals surface area contributed by atoms with Crippen molar-refractivity contribution >= 4 is 33.1 Å². The number of hydrogen-bond acceptors (Lipinski definition) is 6. The van der Waals surface area contributed by atoms with E-state index in [9.17, 15) is 23.3 Å². The molecule has 126 valence electrons. The van der Waals surface area contributed by atoms with Gasteiger partial charge in [0.05, 0.1) is 9.82 Å². The maximum atomic E-state index is 12.2. The lowest BCUT2D eigenvalue weighted by Crippen LogP contribution is -2.14. The predicted molar refractivity (Wildman–Crippen MR) is 86.5 cm³/mol. The van der Waals surface area contributed by atoms with Crippen molar-refractivity contribution in [2.75, 3.05) is 11.1 Å². The summed E-state index contributed by atoms with van der Waals surface area (Å²) in [6.07, 6.45) is 0. The molecule has 0 aliphatic carbocycles. The van der Waals surface area contributed by atoms with Crippen molar-refractivity contribution in [3.63, 3.8) is 0 Å². The largest absolute Gasteiger partial charge is 0.398 e. The summed E-state index contributed by atoms with van der Waals surface area (Å²) in [5.74, 6) is -0.686. The highest BCUT2D eigenvalue weighted by atomic mass is 32.2. The molecule has 0 aliphatic rings. The minimum Gasteiger partial charge on any atom is -0.398 e. The molecule has 0 aromatic heterocycles. The summed E-state index contributed by atoms with van der Waals surface area (Å²) in [6.45, 7) is 1.55. The normalized spacial score (nSPS) is 11.1. The van der Waals surface area contributed by atoms with Crippen LogP contribution in [0.2, 0.25) is 0 Å². The summed E-state index contributed by atoms with van der Waals surface area (Å²) in [6, 6.07) is 7.15. The summed E-state index contributed by atoms with van der Waals surface area (Å²) < 4.78 is 31.6. The van der Waals surface area contributed by atoms with Gasteiger partial charge in [0.15, 0.2) is 0 Å². The zero-order valence-corrected chi connectivity index (χ0v) is 13.2. The first-order chi connectivity index (χ1) is 11.1. The standard InChI is InChI=1S/C14H13N3O6S/c1-8-12(15)6-11(24(21,22)23)7-13(8)16-14(18)9-3-2-4-10(5-9)17(19)20/h2-7H,15H2,1H3,(H,16,18)(H,21,22,23). The molecule has 0 radical (unpaired) electrons. The van der Waals surface area contributed by atoms with Gasteiger partial charge >= 0.3 is 0 Å². The summed E-state index contributed by atoms with van der Waals surface area (Å²) >= 11 is 0. The van der Waals surface area contributed by atoms with Crippen molar-refractivity contribution in [3.05, 3.63) is 57.6 Å². The Morgan fingerprint density at radius 2 is 1.96 bits per heavy atom. The van der Waals surface area contributed by atoms with Crippen LogP contribution in [0, 0.1) is 17.0 Å². The first kappa shape index (κ1) is 17.4. The minimum atomic E-state index is -4.50. The number of nitrogens with zero attached hydrogens (tertiary/aromatic N) is 1. The van der Waals surface area contributed by atoms with Gasteiger partial charge in [-0.25, -0.2) is 0 Å². The Balaban J connectivity index is 2.41. The van der Waals surface area contributed by atoms with E-state index in [4.69, 9.17) is 10.3 Å². The number of nitro groups is 1. The number of nitrogens with one attached hydrogen (secondary N) is 1. The molecular formula is C14H13N3O6S. The van der Waals surface area contributed by atoms with Crippen molar-refractivity contribution < 1.29 is 22.7 Å². The smallest absolute Gasteiger partial charge is 0.294 e. The zero-order valence-electron chi connectivity index (χ0n) is 12.4. The fourth-order valence-electron chi connectivity index (χ4n) is 1.94. The lowest BCUT2D eigenvalue weighted by molar-refractivity contribution is -0.384. The van der Waals surface area contributed by atoms with Gasteiger partial charge in [-0.3, -0.25) is 19.5 Å². The highest BCUT2D eigenvalue weighted by Crippen LogP contribution is 2.27. The average molecular weight is 351 g/mol. The third-order valence-corrected chi connectivity index (χ3v) is 4.12. The van der Waals surface area contributed by atoms with Crippen LogP contribution in [-0.4, -0.2) is 23.8 Å². The molecule has 2 rings (SSSR count). The Labute approximate surface area is 137 Å². The third-order valence-electron chi connectivity index (χ3n) is 3.29. The van der Waals surface area contributed by atoms with Crippen LogP contribution in [0.1, 0.15) is 15.9 Å². The first-order valence-corrected chi connectivity index (χ1v) is 7.97. The lowest BCUT2D eigenvalue weighted by Gasteiger charge is -2.12. The number of nitrogen functional groups attached to an aromatic ring is 1. The number of anilines is 2. The molecule has 0 spiro atoms. The Kier molecular flexibility index (Phi) is 4.53. The van der Waals surface area contributed by atoms with Crippen molar-refractivity contribution in [1.29, 1.82) is 0 Å². The molecule has 0 fully saturated rings. The van der Waals surface area contributed by atoms with Crippen LogP contribution in [0.5, 0.6) is 0 Å². The van der Waals surface area contributed by atoms with E-state index in [0.29, 0.717) is 5.56 Å². The van der Waals surface area contributed by atoms with Crippen LogP contribution in [0.4, 0.5) is 17.1 Å². The molecule has 4 N–H and O–H groups in total. The second-order valence-electron chi connectivity index (χ2n) is 4.92. The van der Waals surface area contributed by atoms with E-state index in [1.54, 1.807) is 6.92 Å². The molecule has 0 saturated carbocycles. The molecule has 10 heteroatoms. The highest BCUT2D eigenvalue weighted by Gasteiger charge is 2.17. The van der Waals surface area contributed by atoms with Crippen LogP contribution >= 0.6 is 0 Å². The SMILES string of the molecule is Cc1c(N)cc(S(=O)(=O)O)cc1NC(=O)c1cccc([N+](=O)[O-])c1. The number of nitro benzene ring substituents is 1. The van der Waals surface area contributed by atoms with E-state index in [2.05, 4.69) is 5.32 Å². The molecule has 0 bridgehead atoms. The van der Waals surface area contributed by atoms with Crippen LogP contribution in [0.25, 0.3) is 0 Å². The zero-order chi connectivity index (χ0) is 18.1. The second-order valence-corrected chi connectivity index (χ2v) is 6.34.